The Balaban J connectivity index is 2.37. The molecule has 0 saturated carbocycles. The Morgan fingerprint density at radius 3 is 2.73 bits per heavy atom. The average molecular weight is 233 g/mol. The number of hydrogen-bond donors (Lipinski definition) is 2. The molecule has 8 heteroatoms. The molecule has 0 radical (unpaired) electrons. The summed E-state index contributed by atoms with van der Waals surface area (Å²) in [4.78, 5) is 0. The topological polar surface area (TPSA) is 101 Å². The molecule has 0 spiro atoms. The predicted octanol–water partition coefficient (Wildman–Crippen LogP) is -0.335. The van der Waals surface area contributed by atoms with Gasteiger partial charge in [0.2, 0.25) is 10.0 Å². The van der Waals surface area contributed by atoms with Crippen molar-refractivity contribution in [3.8, 4) is 0 Å². The van der Waals surface area contributed by atoms with E-state index in [2.05, 4.69) is 25.3 Å². The van der Waals surface area contributed by atoms with Gasteiger partial charge < -0.3 is 0 Å². The molecule has 15 heavy (non-hydrogen) atoms. The molecule has 0 amide bonds. The molecule has 1 aromatic heterocycles. The quantitative estimate of drug-likeness (QED) is 0.700. The standard InChI is InChI=1S/C7H15N5O2S/c1-6(2)3-4-15(13,14)8-5-7-9-11-12-10-7/h6,8H,3-5H2,1-2H3,(H,9,10,11,12). The van der Waals surface area contributed by atoms with Crippen LogP contribution < -0.4 is 4.72 Å². The van der Waals surface area contributed by atoms with E-state index in [-0.39, 0.29) is 12.3 Å². The molecule has 0 fully saturated rings. The maximum Gasteiger partial charge on any atom is 0.212 e. The zero-order valence-electron chi connectivity index (χ0n) is 8.77. The Bertz CT molecular complexity index is 372. The monoisotopic (exact) mass is 233 g/mol. The molecule has 1 heterocycles. The number of rotatable bonds is 6. The molecular formula is C7H15N5O2S. The lowest BCUT2D eigenvalue weighted by Crippen LogP contribution is -2.27. The van der Waals surface area contributed by atoms with Gasteiger partial charge in [0, 0.05) is 0 Å². The van der Waals surface area contributed by atoms with Gasteiger partial charge in [0.25, 0.3) is 0 Å². The van der Waals surface area contributed by atoms with E-state index in [0.717, 1.165) is 0 Å². The number of aromatic amines is 1. The summed E-state index contributed by atoms with van der Waals surface area (Å²) >= 11 is 0. The van der Waals surface area contributed by atoms with Crippen LogP contribution in [0.15, 0.2) is 0 Å². The van der Waals surface area contributed by atoms with Crippen molar-refractivity contribution < 1.29 is 8.42 Å². The molecule has 0 aliphatic heterocycles. The fourth-order valence-corrected chi connectivity index (χ4v) is 2.17. The summed E-state index contributed by atoms with van der Waals surface area (Å²) < 4.78 is 25.3. The SMILES string of the molecule is CC(C)CCS(=O)(=O)NCc1nn[nH]n1. The van der Waals surface area contributed by atoms with Crippen LogP contribution in [0.3, 0.4) is 0 Å². The fourth-order valence-electron chi connectivity index (χ4n) is 0.895. The van der Waals surface area contributed by atoms with Crippen LogP contribution in [0.5, 0.6) is 0 Å². The third kappa shape index (κ3) is 4.84. The number of nitrogens with one attached hydrogen (secondary N) is 2. The van der Waals surface area contributed by atoms with Gasteiger partial charge in [0.15, 0.2) is 5.82 Å². The molecule has 2 N–H and O–H groups in total. The first-order chi connectivity index (χ1) is 6.99. The van der Waals surface area contributed by atoms with Gasteiger partial charge in [-0.05, 0) is 12.3 Å². The van der Waals surface area contributed by atoms with E-state index in [9.17, 15) is 8.42 Å². The van der Waals surface area contributed by atoms with Crippen LogP contribution in [0.1, 0.15) is 26.1 Å². The lowest BCUT2D eigenvalue weighted by Gasteiger charge is -2.06. The van der Waals surface area contributed by atoms with E-state index in [1.54, 1.807) is 0 Å². The van der Waals surface area contributed by atoms with E-state index in [0.29, 0.717) is 18.2 Å². The molecule has 0 aliphatic carbocycles. The molecule has 0 bridgehead atoms. The third-order valence-electron chi connectivity index (χ3n) is 1.80. The highest BCUT2D eigenvalue weighted by Gasteiger charge is 2.11. The maximum absolute atomic E-state index is 11.4. The lowest BCUT2D eigenvalue weighted by atomic mass is 10.2. The Hall–Kier alpha value is -1.02. The number of hydrogen-bond acceptors (Lipinski definition) is 5. The summed E-state index contributed by atoms with van der Waals surface area (Å²) in [5.41, 5.74) is 0. The molecule has 0 aliphatic rings. The van der Waals surface area contributed by atoms with Crippen molar-refractivity contribution in [2.75, 3.05) is 5.75 Å². The zero-order valence-corrected chi connectivity index (χ0v) is 9.58. The summed E-state index contributed by atoms with van der Waals surface area (Å²) in [5, 5.41) is 12.9. The van der Waals surface area contributed by atoms with Gasteiger partial charge >= 0.3 is 0 Å². The number of tetrazole rings is 1. The smallest absolute Gasteiger partial charge is 0.212 e. The summed E-state index contributed by atoms with van der Waals surface area (Å²) in [7, 11) is -3.22. The van der Waals surface area contributed by atoms with Crippen molar-refractivity contribution in [3.05, 3.63) is 5.82 Å². The van der Waals surface area contributed by atoms with Crippen LogP contribution in [0.2, 0.25) is 0 Å². The van der Waals surface area contributed by atoms with Gasteiger partial charge in [-0.3, -0.25) is 0 Å². The Morgan fingerprint density at radius 2 is 2.20 bits per heavy atom. The Labute approximate surface area is 88.7 Å². The number of sulfonamides is 1. The van der Waals surface area contributed by atoms with Crippen LogP contribution in [-0.4, -0.2) is 34.8 Å². The predicted molar refractivity (Wildman–Crippen MR) is 54.3 cm³/mol. The molecule has 0 unspecified atom stereocenters. The van der Waals surface area contributed by atoms with Crippen molar-refractivity contribution in [2.45, 2.75) is 26.8 Å². The van der Waals surface area contributed by atoms with E-state index >= 15 is 0 Å². The molecule has 1 aromatic rings. The second-order valence-electron chi connectivity index (χ2n) is 3.65. The van der Waals surface area contributed by atoms with Gasteiger partial charge in [-0.25, -0.2) is 13.1 Å². The molecule has 86 valence electrons. The number of nitrogens with zero attached hydrogens (tertiary/aromatic N) is 3. The second kappa shape index (κ2) is 5.17. The fraction of sp³-hybridized carbons (Fsp3) is 0.857. The highest BCUT2D eigenvalue weighted by molar-refractivity contribution is 7.89. The largest absolute Gasteiger partial charge is 0.212 e. The Kier molecular flexibility index (Phi) is 4.15. The molecule has 7 nitrogen and oxygen atoms in total. The van der Waals surface area contributed by atoms with Gasteiger partial charge in [-0.2, -0.15) is 5.21 Å². The molecule has 1 rings (SSSR count). The van der Waals surface area contributed by atoms with E-state index < -0.39 is 10.0 Å². The second-order valence-corrected chi connectivity index (χ2v) is 5.58. The van der Waals surface area contributed by atoms with Crippen molar-refractivity contribution in [2.24, 2.45) is 5.92 Å². The summed E-state index contributed by atoms with van der Waals surface area (Å²) in [5.74, 6) is 0.831. The van der Waals surface area contributed by atoms with E-state index in [1.165, 1.54) is 0 Å². The highest BCUT2D eigenvalue weighted by atomic mass is 32.2. The van der Waals surface area contributed by atoms with Crippen LogP contribution in [0, 0.1) is 5.92 Å². The minimum absolute atomic E-state index is 0.0803. The minimum Gasteiger partial charge on any atom is -0.212 e. The van der Waals surface area contributed by atoms with Crippen LogP contribution in [0.4, 0.5) is 0 Å². The summed E-state index contributed by atoms with van der Waals surface area (Å²) in [6.07, 6.45) is 0.640. The molecule has 0 aromatic carbocycles. The number of aromatic nitrogens is 4. The van der Waals surface area contributed by atoms with Crippen molar-refractivity contribution in [3.63, 3.8) is 0 Å². The molecule has 0 atom stereocenters. The summed E-state index contributed by atoms with van der Waals surface area (Å²) in [6, 6.07) is 0. The zero-order chi connectivity index (χ0) is 11.3. The first-order valence-electron chi connectivity index (χ1n) is 4.69. The van der Waals surface area contributed by atoms with Crippen molar-refractivity contribution in [1.82, 2.24) is 25.3 Å². The first-order valence-corrected chi connectivity index (χ1v) is 6.34. The minimum atomic E-state index is -3.22. The van der Waals surface area contributed by atoms with Crippen LogP contribution in [-0.2, 0) is 16.6 Å². The van der Waals surface area contributed by atoms with E-state index in [4.69, 9.17) is 0 Å². The lowest BCUT2D eigenvalue weighted by molar-refractivity contribution is 0.560. The Morgan fingerprint density at radius 1 is 1.47 bits per heavy atom. The highest BCUT2D eigenvalue weighted by Crippen LogP contribution is 2.01. The summed E-state index contributed by atoms with van der Waals surface area (Å²) in [6.45, 7) is 4.04. The first kappa shape index (κ1) is 12.1. The van der Waals surface area contributed by atoms with Crippen LogP contribution >= 0.6 is 0 Å². The van der Waals surface area contributed by atoms with Crippen LogP contribution in [0.25, 0.3) is 0 Å². The number of H-pyrrole nitrogens is 1. The van der Waals surface area contributed by atoms with Gasteiger partial charge in [0.1, 0.15) is 0 Å². The molecule has 0 saturated heterocycles. The average Bonchev–Trinajstić information content (AvgIpc) is 2.65. The van der Waals surface area contributed by atoms with Gasteiger partial charge in [0.05, 0.1) is 12.3 Å². The maximum atomic E-state index is 11.4. The van der Waals surface area contributed by atoms with Gasteiger partial charge in [-0.15, -0.1) is 10.2 Å². The van der Waals surface area contributed by atoms with Gasteiger partial charge in [-0.1, -0.05) is 19.1 Å². The molecular weight excluding hydrogens is 218 g/mol. The third-order valence-corrected chi connectivity index (χ3v) is 3.16. The van der Waals surface area contributed by atoms with E-state index in [1.807, 2.05) is 13.8 Å². The normalized spacial score (nSPS) is 12.2. The van der Waals surface area contributed by atoms with Crippen molar-refractivity contribution in [1.29, 1.82) is 0 Å². The van der Waals surface area contributed by atoms with Crippen molar-refractivity contribution >= 4 is 10.0 Å².